The Morgan fingerprint density at radius 3 is 3.30 bits per heavy atom. The predicted octanol–water partition coefficient (Wildman–Crippen LogP) is -1.63. The number of ether oxygens (including phenoxy) is 1. The van der Waals surface area contributed by atoms with Crippen LogP contribution in [0.2, 0.25) is 0 Å². The van der Waals surface area contributed by atoms with E-state index in [0.717, 1.165) is 0 Å². The maximum Gasteiger partial charge on any atom is 0.348 e. The molecule has 0 radical (unpaired) electrons. The first-order valence-electron chi connectivity index (χ1n) is 5.96. The maximum absolute atomic E-state index is 11.4. The molecule has 10 heteroatoms. The van der Waals surface area contributed by atoms with Crippen LogP contribution in [0.25, 0.3) is 5.65 Å². The highest BCUT2D eigenvalue weighted by atomic mass is 16.5. The molecule has 0 saturated carbocycles. The Morgan fingerprint density at radius 1 is 1.65 bits per heavy atom. The van der Waals surface area contributed by atoms with Crippen LogP contribution in [0.1, 0.15) is 0 Å². The lowest BCUT2D eigenvalue weighted by atomic mass is 10.2. The molecule has 0 aliphatic carbocycles. The number of hydrogen-bond donors (Lipinski definition) is 3. The molecular formula is C10H13N7O3. The molecule has 1 aliphatic heterocycles. The molecule has 106 valence electrons. The second-order valence-corrected chi connectivity index (χ2v) is 4.33. The number of hydrogen-bond acceptors (Lipinski definition) is 7. The van der Waals surface area contributed by atoms with E-state index in [1.54, 1.807) is 6.07 Å². The van der Waals surface area contributed by atoms with E-state index in [1.807, 2.05) is 4.90 Å². The van der Waals surface area contributed by atoms with Crippen LogP contribution in [0.5, 0.6) is 0 Å². The summed E-state index contributed by atoms with van der Waals surface area (Å²) < 4.78 is 6.72. The van der Waals surface area contributed by atoms with Gasteiger partial charge < -0.3 is 20.6 Å². The minimum atomic E-state index is -0.492. The Balaban J connectivity index is 1.88. The largest absolute Gasteiger partial charge is 0.409 e. The number of nitrogens with two attached hydrogens (primary N) is 1. The first-order valence-corrected chi connectivity index (χ1v) is 5.96. The van der Waals surface area contributed by atoms with Gasteiger partial charge in [-0.05, 0) is 0 Å². The first-order chi connectivity index (χ1) is 9.69. The summed E-state index contributed by atoms with van der Waals surface area (Å²) in [7, 11) is 0. The summed E-state index contributed by atoms with van der Waals surface area (Å²) in [6.45, 7) is 1.46. The Bertz CT molecular complexity index is 706. The molecule has 0 spiro atoms. The monoisotopic (exact) mass is 279 g/mol. The summed E-state index contributed by atoms with van der Waals surface area (Å²) in [6.07, 6.45) is 0.915. The smallest absolute Gasteiger partial charge is 0.348 e. The molecule has 0 bridgehead atoms. The molecule has 1 fully saturated rings. The summed E-state index contributed by atoms with van der Waals surface area (Å²) in [5.41, 5.74) is 5.69. The molecule has 1 atom stereocenters. The van der Waals surface area contributed by atoms with Crippen molar-refractivity contribution in [1.29, 1.82) is 0 Å². The van der Waals surface area contributed by atoms with Crippen molar-refractivity contribution in [3.63, 3.8) is 0 Å². The zero-order valence-electron chi connectivity index (χ0n) is 10.4. The number of oxime groups is 1. The van der Waals surface area contributed by atoms with E-state index < -0.39 is 6.10 Å². The van der Waals surface area contributed by atoms with E-state index in [0.29, 0.717) is 31.2 Å². The van der Waals surface area contributed by atoms with Gasteiger partial charge in [-0.3, -0.25) is 0 Å². The Kier molecular flexibility index (Phi) is 2.99. The number of aromatic amines is 1. The lowest BCUT2D eigenvalue weighted by Crippen LogP contribution is -2.48. The van der Waals surface area contributed by atoms with Crippen LogP contribution in [0, 0.1) is 0 Å². The minimum absolute atomic E-state index is 0.0202. The number of H-pyrrole nitrogens is 1. The normalized spacial score (nSPS) is 20.5. The quantitative estimate of drug-likeness (QED) is 0.260. The first kappa shape index (κ1) is 12.4. The summed E-state index contributed by atoms with van der Waals surface area (Å²) in [5.74, 6) is 0.669. The minimum Gasteiger partial charge on any atom is -0.409 e. The summed E-state index contributed by atoms with van der Waals surface area (Å²) in [5, 5.41) is 17.9. The van der Waals surface area contributed by atoms with Gasteiger partial charge in [0.1, 0.15) is 18.2 Å². The number of amidine groups is 1. The Labute approximate surface area is 112 Å². The molecule has 4 N–H and O–H groups in total. The molecule has 3 rings (SSSR count). The van der Waals surface area contributed by atoms with Crippen LogP contribution in [0.15, 0.2) is 22.3 Å². The van der Waals surface area contributed by atoms with Crippen molar-refractivity contribution in [3.05, 3.63) is 22.9 Å². The van der Waals surface area contributed by atoms with Crippen molar-refractivity contribution in [1.82, 2.24) is 19.6 Å². The molecule has 1 unspecified atom stereocenters. The number of aromatic nitrogens is 4. The van der Waals surface area contributed by atoms with Crippen molar-refractivity contribution in [2.75, 3.05) is 24.6 Å². The molecule has 0 aromatic carbocycles. The maximum atomic E-state index is 11.4. The Hall–Kier alpha value is -2.62. The molecule has 2 aromatic rings. The van der Waals surface area contributed by atoms with E-state index in [-0.39, 0.29) is 11.5 Å². The highest BCUT2D eigenvalue weighted by Gasteiger charge is 2.25. The van der Waals surface area contributed by atoms with Crippen molar-refractivity contribution < 1.29 is 9.94 Å². The van der Waals surface area contributed by atoms with Crippen molar-refractivity contribution in [2.45, 2.75) is 6.10 Å². The average molecular weight is 279 g/mol. The van der Waals surface area contributed by atoms with Gasteiger partial charge >= 0.3 is 5.69 Å². The highest BCUT2D eigenvalue weighted by Crippen LogP contribution is 2.15. The van der Waals surface area contributed by atoms with E-state index in [9.17, 15) is 4.79 Å². The van der Waals surface area contributed by atoms with Crippen molar-refractivity contribution in [2.24, 2.45) is 10.9 Å². The predicted molar refractivity (Wildman–Crippen MR) is 69.0 cm³/mol. The van der Waals surface area contributed by atoms with Gasteiger partial charge in [-0.2, -0.15) is 5.10 Å². The summed E-state index contributed by atoms with van der Waals surface area (Å²) in [6, 6.07) is 1.69. The van der Waals surface area contributed by atoms with Gasteiger partial charge in [-0.15, -0.1) is 0 Å². The fourth-order valence-electron chi connectivity index (χ4n) is 2.07. The number of nitrogens with one attached hydrogen (secondary N) is 1. The van der Waals surface area contributed by atoms with E-state index >= 15 is 0 Å². The number of anilines is 1. The van der Waals surface area contributed by atoms with E-state index in [4.69, 9.17) is 15.7 Å². The SMILES string of the molecule is NC(=NO)C1CN(c2cc3n[nH]c(=O)n3cn2)CCO1. The van der Waals surface area contributed by atoms with Gasteiger partial charge in [-0.1, -0.05) is 5.16 Å². The molecule has 1 saturated heterocycles. The second kappa shape index (κ2) is 4.81. The van der Waals surface area contributed by atoms with Gasteiger partial charge in [0.25, 0.3) is 0 Å². The molecule has 1 aliphatic rings. The molecular weight excluding hydrogens is 266 g/mol. The molecule has 0 amide bonds. The van der Waals surface area contributed by atoms with Crippen LogP contribution in [-0.2, 0) is 4.74 Å². The highest BCUT2D eigenvalue weighted by molar-refractivity contribution is 5.85. The van der Waals surface area contributed by atoms with Crippen LogP contribution in [-0.4, -0.2) is 56.4 Å². The van der Waals surface area contributed by atoms with E-state index in [1.165, 1.54) is 10.7 Å². The van der Waals surface area contributed by atoms with Crippen molar-refractivity contribution >= 4 is 17.3 Å². The van der Waals surface area contributed by atoms with Gasteiger partial charge in [0.2, 0.25) is 0 Å². The van der Waals surface area contributed by atoms with Gasteiger partial charge in [-0.25, -0.2) is 19.3 Å². The fraction of sp³-hybridized carbons (Fsp3) is 0.400. The number of fused-ring (bicyclic) bond motifs is 1. The van der Waals surface area contributed by atoms with Gasteiger partial charge in [0, 0.05) is 12.6 Å². The third kappa shape index (κ3) is 2.05. The average Bonchev–Trinajstić information content (AvgIpc) is 2.87. The third-order valence-electron chi connectivity index (χ3n) is 3.13. The van der Waals surface area contributed by atoms with Crippen LogP contribution in [0.4, 0.5) is 5.82 Å². The molecule has 10 nitrogen and oxygen atoms in total. The van der Waals surface area contributed by atoms with Crippen molar-refractivity contribution in [3.8, 4) is 0 Å². The van der Waals surface area contributed by atoms with Crippen LogP contribution >= 0.6 is 0 Å². The number of morpholine rings is 1. The molecule has 20 heavy (non-hydrogen) atoms. The van der Waals surface area contributed by atoms with Crippen LogP contribution < -0.4 is 16.3 Å². The number of nitrogens with zero attached hydrogens (tertiary/aromatic N) is 5. The van der Waals surface area contributed by atoms with Crippen LogP contribution in [0.3, 0.4) is 0 Å². The standard InChI is InChI=1S/C10H13N7O3/c11-9(15-19)6-4-16(1-2-20-6)7-3-8-13-14-10(18)17(8)5-12-7/h3,5-6,19H,1-2,4H2,(H2,11,15)(H,14,18). The van der Waals surface area contributed by atoms with Gasteiger partial charge in [0.15, 0.2) is 11.5 Å². The number of rotatable bonds is 2. The summed E-state index contributed by atoms with van der Waals surface area (Å²) >= 11 is 0. The zero-order chi connectivity index (χ0) is 14.1. The topological polar surface area (TPSA) is 134 Å². The summed E-state index contributed by atoms with van der Waals surface area (Å²) in [4.78, 5) is 17.5. The lowest BCUT2D eigenvalue weighted by Gasteiger charge is -2.32. The second-order valence-electron chi connectivity index (χ2n) is 4.33. The third-order valence-corrected chi connectivity index (χ3v) is 3.13. The van der Waals surface area contributed by atoms with E-state index in [2.05, 4.69) is 20.3 Å². The zero-order valence-corrected chi connectivity index (χ0v) is 10.4. The fourth-order valence-corrected chi connectivity index (χ4v) is 2.07. The van der Waals surface area contributed by atoms with Gasteiger partial charge in [0.05, 0.1) is 13.2 Å². The molecule has 2 aromatic heterocycles. The molecule has 3 heterocycles. The lowest BCUT2D eigenvalue weighted by molar-refractivity contribution is 0.0804. The Morgan fingerprint density at radius 2 is 2.50 bits per heavy atom.